The number of rotatable bonds is 5. The number of hydrogen-bond donors (Lipinski definition) is 0. The van der Waals surface area contributed by atoms with Crippen LogP contribution in [0.4, 0.5) is 0 Å². The van der Waals surface area contributed by atoms with Crippen LogP contribution >= 0.6 is 0 Å². The highest BCUT2D eigenvalue weighted by molar-refractivity contribution is 5.76. The van der Waals surface area contributed by atoms with E-state index in [1.807, 2.05) is 36.1 Å². The summed E-state index contributed by atoms with van der Waals surface area (Å²) in [6.45, 7) is 3.87. The van der Waals surface area contributed by atoms with Crippen molar-refractivity contribution in [1.82, 2.24) is 15.0 Å². The van der Waals surface area contributed by atoms with Crippen molar-refractivity contribution in [3.63, 3.8) is 0 Å². The molecule has 0 spiro atoms. The molecule has 2 heterocycles. The molecule has 0 unspecified atom stereocenters. The van der Waals surface area contributed by atoms with Crippen LogP contribution in [0.3, 0.4) is 0 Å². The van der Waals surface area contributed by atoms with Crippen LogP contribution in [0.25, 0.3) is 11.4 Å². The van der Waals surface area contributed by atoms with Crippen LogP contribution in [0.1, 0.15) is 43.6 Å². The summed E-state index contributed by atoms with van der Waals surface area (Å²) in [4.78, 5) is 18.5. The number of hydrogen-bond acceptors (Lipinski definition) is 4. The molecule has 0 saturated carbocycles. The number of nitrogens with zero attached hydrogens (tertiary/aromatic N) is 3. The number of carbonyl (C=O) groups is 1. The molecule has 0 N–H and O–H groups in total. The standard InChI is InChI=1S/C18H23N3O2/c1-14-8-10-15(11-9-14)18-19-16(23-20-18)6-5-7-17(22)21-12-3-2-4-13-21/h8-11H,2-7,12-13H2,1H3. The van der Waals surface area contributed by atoms with Crippen LogP contribution in [-0.2, 0) is 11.2 Å². The summed E-state index contributed by atoms with van der Waals surface area (Å²) in [5, 5.41) is 4.02. The number of aromatic nitrogens is 2. The third kappa shape index (κ3) is 4.18. The van der Waals surface area contributed by atoms with Crippen molar-refractivity contribution in [3.8, 4) is 11.4 Å². The molecule has 0 atom stereocenters. The van der Waals surface area contributed by atoms with Gasteiger partial charge < -0.3 is 9.42 Å². The molecule has 1 aromatic carbocycles. The molecular formula is C18H23N3O2. The molecule has 122 valence electrons. The Balaban J connectivity index is 1.49. The Morgan fingerprint density at radius 1 is 1.17 bits per heavy atom. The molecule has 0 aliphatic carbocycles. The van der Waals surface area contributed by atoms with Gasteiger partial charge in [-0.05, 0) is 32.6 Å². The number of aryl methyl sites for hydroxylation is 2. The lowest BCUT2D eigenvalue weighted by molar-refractivity contribution is -0.132. The second-order valence-corrected chi connectivity index (χ2v) is 6.17. The molecule has 1 aromatic heterocycles. The number of amides is 1. The van der Waals surface area contributed by atoms with Crippen LogP contribution in [0, 0.1) is 6.92 Å². The summed E-state index contributed by atoms with van der Waals surface area (Å²) in [6, 6.07) is 8.04. The molecule has 5 nitrogen and oxygen atoms in total. The van der Waals surface area contributed by atoms with Crippen LogP contribution < -0.4 is 0 Å². The summed E-state index contributed by atoms with van der Waals surface area (Å²) in [5.74, 6) is 1.47. The van der Waals surface area contributed by atoms with Crippen molar-refractivity contribution in [3.05, 3.63) is 35.7 Å². The van der Waals surface area contributed by atoms with E-state index in [0.717, 1.165) is 37.9 Å². The van der Waals surface area contributed by atoms with Gasteiger partial charge in [0.2, 0.25) is 17.6 Å². The first-order valence-electron chi connectivity index (χ1n) is 8.40. The molecule has 1 saturated heterocycles. The van der Waals surface area contributed by atoms with E-state index in [9.17, 15) is 4.79 Å². The second kappa shape index (κ2) is 7.40. The lowest BCUT2D eigenvalue weighted by atomic mass is 10.1. The summed E-state index contributed by atoms with van der Waals surface area (Å²) >= 11 is 0. The van der Waals surface area contributed by atoms with E-state index in [4.69, 9.17) is 4.52 Å². The minimum Gasteiger partial charge on any atom is -0.343 e. The van der Waals surface area contributed by atoms with Crippen molar-refractivity contribution in [2.24, 2.45) is 0 Å². The fraction of sp³-hybridized carbons (Fsp3) is 0.500. The van der Waals surface area contributed by atoms with Gasteiger partial charge in [-0.3, -0.25) is 4.79 Å². The van der Waals surface area contributed by atoms with Gasteiger partial charge in [0.05, 0.1) is 0 Å². The Bertz CT molecular complexity index is 643. The maximum absolute atomic E-state index is 12.1. The zero-order valence-corrected chi connectivity index (χ0v) is 13.6. The first-order valence-corrected chi connectivity index (χ1v) is 8.40. The van der Waals surface area contributed by atoms with E-state index in [0.29, 0.717) is 24.6 Å². The first kappa shape index (κ1) is 15.7. The van der Waals surface area contributed by atoms with Gasteiger partial charge in [-0.15, -0.1) is 0 Å². The van der Waals surface area contributed by atoms with Gasteiger partial charge in [0, 0.05) is 31.5 Å². The maximum atomic E-state index is 12.1. The van der Waals surface area contributed by atoms with E-state index < -0.39 is 0 Å². The highest BCUT2D eigenvalue weighted by Crippen LogP contribution is 2.17. The van der Waals surface area contributed by atoms with Gasteiger partial charge in [-0.25, -0.2) is 0 Å². The quantitative estimate of drug-likeness (QED) is 0.849. The van der Waals surface area contributed by atoms with E-state index in [-0.39, 0.29) is 5.91 Å². The molecule has 3 rings (SSSR count). The average molecular weight is 313 g/mol. The Labute approximate surface area is 136 Å². The van der Waals surface area contributed by atoms with E-state index in [1.54, 1.807) is 0 Å². The predicted molar refractivity (Wildman–Crippen MR) is 87.8 cm³/mol. The Morgan fingerprint density at radius 2 is 1.91 bits per heavy atom. The van der Waals surface area contributed by atoms with Crippen molar-refractivity contribution in [1.29, 1.82) is 0 Å². The van der Waals surface area contributed by atoms with Crippen LogP contribution in [0.5, 0.6) is 0 Å². The average Bonchev–Trinajstić information content (AvgIpc) is 3.05. The van der Waals surface area contributed by atoms with E-state index >= 15 is 0 Å². The smallest absolute Gasteiger partial charge is 0.226 e. The fourth-order valence-corrected chi connectivity index (χ4v) is 2.87. The summed E-state index contributed by atoms with van der Waals surface area (Å²) in [5.41, 5.74) is 2.16. The zero-order chi connectivity index (χ0) is 16.1. The lowest BCUT2D eigenvalue weighted by Crippen LogP contribution is -2.35. The topological polar surface area (TPSA) is 59.2 Å². The van der Waals surface area contributed by atoms with Crippen molar-refractivity contribution >= 4 is 5.91 Å². The van der Waals surface area contributed by atoms with Gasteiger partial charge in [-0.2, -0.15) is 4.98 Å². The minimum absolute atomic E-state index is 0.253. The normalized spacial score (nSPS) is 14.9. The number of carbonyl (C=O) groups excluding carboxylic acids is 1. The number of likely N-dealkylation sites (tertiary alicyclic amines) is 1. The third-order valence-corrected chi connectivity index (χ3v) is 4.27. The zero-order valence-electron chi connectivity index (χ0n) is 13.6. The van der Waals surface area contributed by atoms with Crippen molar-refractivity contribution in [2.45, 2.75) is 45.4 Å². The fourth-order valence-electron chi connectivity index (χ4n) is 2.87. The van der Waals surface area contributed by atoms with Gasteiger partial charge in [0.1, 0.15) is 0 Å². The molecule has 0 radical (unpaired) electrons. The molecule has 0 bridgehead atoms. The summed E-state index contributed by atoms with van der Waals surface area (Å²) in [6.07, 6.45) is 5.48. The number of piperidine rings is 1. The van der Waals surface area contributed by atoms with Crippen molar-refractivity contribution < 1.29 is 9.32 Å². The molecular weight excluding hydrogens is 290 g/mol. The summed E-state index contributed by atoms with van der Waals surface area (Å²) < 4.78 is 5.29. The van der Waals surface area contributed by atoms with Crippen LogP contribution in [0.2, 0.25) is 0 Å². The number of benzene rings is 1. The first-order chi connectivity index (χ1) is 11.2. The van der Waals surface area contributed by atoms with Gasteiger partial charge in [-0.1, -0.05) is 35.0 Å². The third-order valence-electron chi connectivity index (χ3n) is 4.27. The molecule has 1 aliphatic heterocycles. The van der Waals surface area contributed by atoms with E-state index in [2.05, 4.69) is 10.1 Å². The minimum atomic E-state index is 0.253. The highest BCUT2D eigenvalue weighted by atomic mass is 16.5. The molecule has 23 heavy (non-hydrogen) atoms. The lowest BCUT2D eigenvalue weighted by Gasteiger charge is -2.26. The van der Waals surface area contributed by atoms with Crippen LogP contribution in [-0.4, -0.2) is 34.0 Å². The molecule has 1 fully saturated rings. The molecule has 2 aromatic rings. The monoisotopic (exact) mass is 313 g/mol. The molecule has 5 heteroatoms. The SMILES string of the molecule is Cc1ccc(-c2noc(CCCC(=O)N3CCCCC3)n2)cc1. The van der Waals surface area contributed by atoms with Gasteiger partial charge in [0.15, 0.2) is 0 Å². The molecule has 1 aliphatic rings. The molecule has 1 amide bonds. The summed E-state index contributed by atoms with van der Waals surface area (Å²) in [7, 11) is 0. The highest BCUT2D eigenvalue weighted by Gasteiger charge is 2.16. The second-order valence-electron chi connectivity index (χ2n) is 6.17. The van der Waals surface area contributed by atoms with Gasteiger partial charge >= 0.3 is 0 Å². The Kier molecular flexibility index (Phi) is 5.05. The Hall–Kier alpha value is -2.17. The maximum Gasteiger partial charge on any atom is 0.226 e. The van der Waals surface area contributed by atoms with E-state index in [1.165, 1.54) is 12.0 Å². The largest absolute Gasteiger partial charge is 0.343 e. The van der Waals surface area contributed by atoms with Gasteiger partial charge in [0.25, 0.3) is 0 Å². The van der Waals surface area contributed by atoms with Crippen molar-refractivity contribution in [2.75, 3.05) is 13.1 Å². The van der Waals surface area contributed by atoms with Crippen LogP contribution in [0.15, 0.2) is 28.8 Å². The predicted octanol–water partition coefficient (Wildman–Crippen LogP) is 3.38. The Morgan fingerprint density at radius 3 is 2.65 bits per heavy atom.